The minimum absolute atomic E-state index is 0.106. The van der Waals surface area contributed by atoms with Crippen molar-refractivity contribution < 1.29 is 8.42 Å². The van der Waals surface area contributed by atoms with Gasteiger partial charge < -0.3 is 5.73 Å². The van der Waals surface area contributed by atoms with E-state index in [0.717, 1.165) is 0 Å². The molecule has 14 heavy (non-hydrogen) atoms. The predicted molar refractivity (Wildman–Crippen MR) is 61.2 cm³/mol. The molecule has 0 aromatic heterocycles. The summed E-state index contributed by atoms with van der Waals surface area (Å²) < 4.78 is 26.8. The van der Waals surface area contributed by atoms with E-state index in [9.17, 15) is 8.42 Å². The summed E-state index contributed by atoms with van der Waals surface area (Å²) in [7, 11) is -1.99. The van der Waals surface area contributed by atoms with Crippen LogP contribution in [-0.2, 0) is 10.2 Å². The largest absolute Gasteiger partial charge is 0.392 e. The van der Waals surface area contributed by atoms with Gasteiger partial charge in [-0.2, -0.15) is 17.4 Å². The molecule has 0 saturated heterocycles. The molecule has 3 N–H and O–H groups in total. The van der Waals surface area contributed by atoms with Crippen molar-refractivity contribution in [2.75, 3.05) is 7.05 Å². The van der Waals surface area contributed by atoms with Crippen molar-refractivity contribution in [3.63, 3.8) is 0 Å². The fourth-order valence-corrected chi connectivity index (χ4v) is 2.07. The van der Waals surface area contributed by atoms with Crippen LogP contribution in [0.5, 0.6) is 0 Å². The molecule has 0 bridgehead atoms. The maximum Gasteiger partial charge on any atom is 0.280 e. The molecule has 1 atom stereocenters. The third-order valence-corrected chi connectivity index (χ3v) is 4.04. The minimum atomic E-state index is -3.49. The normalized spacial score (nSPS) is 14.7. The SMILES string of the molecule is CC(NS(=O)(=O)N(C)C(C)C)C(N)=S. The van der Waals surface area contributed by atoms with Gasteiger partial charge in [-0.05, 0) is 20.8 Å². The van der Waals surface area contributed by atoms with E-state index >= 15 is 0 Å². The van der Waals surface area contributed by atoms with Gasteiger partial charge in [-0.15, -0.1) is 0 Å². The molecule has 0 heterocycles. The van der Waals surface area contributed by atoms with Crippen molar-refractivity contribution >= 4 is 27.4 Å². The monoisotopic (exact) mass is 239 g/mol. The van der Waals surface area contributed by atoms with Gasteiger partial charge in [-0.25, -0.2) is 0 Å². The summed E-state index contributed by atoms with van der Waals surface area (Å²) in [6.07, 6.45) is 0. The molecule has 0 saturated carbocycles. The molecule has 0 aliphatic heterocycles. The van der Waals surface area contributed by atoms with Crippen LogP contribution in [-0.4, -0.2) is 36.8 Å². The Kier molecular flexibility index (Phi) is 4.93. The minimum Gasteiger partial charge on any atom is -0.392 e. The molecular formula is C7H17N3O2S2. The first-order valence-electron chi connectivity index (χ1n) is 4.23. The first kappa shape index (κ1) is 13.8. The maximum atomic E-state index is 11.6. The Bertz CT molecular complexity index is 300. The second kappa shape index (κ2) is 5.01. The fraction of sp³-hybridized carbons (Fsp3) is 0.857. The second-order valence-electron chi connectivity index (χ2n) is 3.36. The van der Waals surface area contributed by atoms with E-state index in [0.29, 0.717) is 0 Å². The quantitative estimate of drug-likeness (QED) is 0.654. The molecule has 5 nitrogen and oxygen atoms in total. The summed E-state index contributed by atoms with van der Waals surface area (Å²) in [4.78, 5) is 0.130. The van der Waals surface area contributed by atoms with Crippen molar-refractivity contribution in [3.8, 4) is 0 Å². The fourth-order valence-electron chi connectivity index (χ4n) is 0.642. The van der Waals surface area contributed by atoms with Gasteiger partial charge in [0.25, 0.3) is 10.2 Å². The zero-order valence-electron chi connectivity index (χ0n) is 8.81. The van der Waals surface area contributed by atoms with Crippen LogP contribution in [0.4, 0.5) is 0 Å². The van der Waals surface area contributed by atoms with E-state index in [-0.39, 0.29) is 11.0 Å². The number of nitrogens with one attached hydrogen (secondary N) is 1. The van der Waals surface area contributed by atoms with Crippen molar-refractivity contribution in [1.82, 2.24) is 9.03 Å². The molecule has 0 amide bonds. The van der Waals surface area contributed by atoms with E-state index in [4.69, 9.17) is 5.73 Å². The number of rotatable bonds is 5. The molecule has 0 radical (unpaired) electrons. The Labute approximate surface area is 90.8 Å². The van der Waals surface area contributed by atoms with E-state index in [1.165, 1.54) is 11.4 Å². The van der Waals surface area contributed by atoms with Gasteiger partial charge in [-0.3, -0.25) is 0 Å². The lowest BCUT2D eigenvalue weighted by Gasteiger charge is -2.23. The van der Waals surface area contributed by atoms with E-state index in [2.05, 4.69) is 16.9 Å². The molecule has 0 spiro atoms. The summed E-state index contributed by atoms with van der Waals surface area (Å²) >= 11 is 4.67. The number of hydrogen-bond donors (Lipinski definition) is 2. The second-order valence-corrected chi connectivity index (χ2v) is 5.59. The van der Waals surface area contributed by atoms with Crippen LogP contribution in [0.2, 0.25) is 0 Å². The Morgan fingerprint density at radius 1 is 1.43 bits per heavy atom. The van der Waals surface area contributed by atoms with Gasteiger partial charge in [0.2, 0.25) is 0 Å². The molecule has 0 fully saturated rings. The lowest BCUT2D eigenvalue weighted by Crippen LogP contribution is -2.48. The van der Waals surface area contributed by atoms with Crippen molar-refractivity contribution in [1.29, 1.82) is 0 Å². The zero-order valence-corrected chi connectivity index (χ0v) is 10.4. The van der Waals surface area contributed by atoms with Crippen LogP contribution in [0, 0.1) is 0 Å². The molecule has 7 heteroatoms. The third kappa shape index (κ3) is 3.87. The Hall–Kier alpha value is -0.240. The number of nitrogens with zero attached hydrogens (tertiary/aromatic N) is 1. The lowest BCUT2D eigenvalue weighted by molar-refractivity contribution is 0.401. The average molecular weight is 239 g/mol. The average Bonchev–Trinajstić information content (AvgIpc) is 2.01. The highest BCUT2D eigenvalue weighted by Crippen LogP contribution is 2.01. The van der Waals surface area contributed by atoms with E-state index in [1.807, 2.05) is 0 Å². The molecule has 0 aromatic rings. The molecule has 0 aromatic carbocycles. The molecule has 84 valence electrons. The molecule has 0 rings (SSSR count). The van der Waals surface area contributed by atoms with Gasteiger partial charge in [0.15, 0.2) is 0 Å². The van der Waals surface area contributed by atoms with Gasteiger partial charge in [-0.1, -0.05) is 12.2 Å². The van der Waals surface area contributed by atoms with Crippen molar-refractivity contribution in [3.05, 3.63) is 0 Å². The Balaban J connectivity index is 4.58. The van der Waals surface area contributed by atoms with E-state index in [1.54, 1.807) is 20.8 Å². The zero-order chi connectivity index (χ0) is 11.5. The summed E-state index contributed by atoms with van der Waals surface area (Å²) in [5.41, 5.74) is 5.31. The van der Waals surface area contributed by atoms with Gasteiger partial charge in [0.1, 0.15) is 0 Å². The molecule has 0 aliphatic rings. The highest BCUT2D eigenvalue weighted by atomic mass is 32.2. The van der Waals surface area contributed by atoms with Crippen LogP contribution in [0.15, 0.2) is 0 Å². The van der Waals surface area contributed by atoms with Crippen LogP contribution in [0.25, 0.3) is 0 Å². The Morgan fingerprint density at radius 3 is 2.14 bits per heavy atom. The standard InChI is InChI=1S/C7H17N3O2S2/c1-5(2)10(4)14(11,12)9-6(3)7(8)13/h5-6,9H,1-4H3,(H2,8,13). The van der Waals surface area contributed by atoms with Gasteiger partial charge >= 0.3 is 0 Å². The number of nitrogens with two attached hydrogens (primary N) is 1. The van der Waals surface area contributed by atoms with Crippen LogP contribution in [0.1, 0.15) is 20.8 Å². The topological polar surface area (TPSA) is 75.4 Å². The summed E-state index contributed by atoms with van der Waals surface area (Å²) in [5.74, 6) is 0. The van der Waals surface area contributed by atoms with Crippen molar-refractivity contribution in [2.24, 2.45) is 5.73 Å². The smallest absolute Gasteiger partial charge is 0.280 e. The number of thiocarbonyl (C=S) groups is 1. The third-order valence-electron chi connectivity index (χ3n) is 1.86. The van der Waals surface area contributed by atoms with Crippen LogP contribution in [0.3, 0.4) is 0 Å². The van der Waals surface area contributed by atoms with Crippen molar-refractivity contribution in [2.45, 2.75) is 32.9 Å². The molecular weight excluding hydrogens is 222 g/mol. The lowest BCUT2D eigenvalue weighted by atomic mass is 10.4. The van der Waals surface area contributed by atoms with Crippen LogP contribution >= 0.6 is 12.2 Å². The van der Waals surface area contributed by atoms with Crippen LogP contribution < -0.4 is 10.5 Å². The predicted octanol–water partition coefficient (Wildman–Crippen LogP) is -0.164. The van der Waals surface area contributed by atoms with Gasteiger partial charge in [0, 0.05) is 13.1 Å². The maximum absolute atomic E-state index is 11.6. The van der Waals surface area contributed by atoms with Gasteiger partial charge in [0.05, 0.1) is 11.0 Å². The first-order valence-corrected chi connectivity index (χ1v) is 6.08. The Morgan fingerprint density at radius 2 is 1.86 bits per heavy atom. The number of hydrogen-bond acceptors (Lipinski definition) is 3. The summed E-state index contributed by atoms with van der Waals surface area (Å²) in [6.45, 7) is 5.17. The molecule has 1 unspecified atom stereocenters. The van der Waals surface area contributed by atoms with E-state index < -0.39 is 16.3 Å². The summed E-state index contributed by atoms with van der Waals surface area (Å²) in [5, 5.41) is 0. The highest BCUT2D eigenvalue weighted by Gasteiger charge is 2.22. The highest BCUT2D eigenvalue weighted by molar-refractivity contribution is 7.87. The summed E-state index contributed by atoms with van der Waals surface area (Å²) in [6, 6.07) is -0.637. The molecule has 0 aliphatic carbocycles. The first-order chi connectivity index (χ1) is 6.18.